The van der Waals surface area contributed by atoms with E-state index in [4.69, 9.17) is 10.5 Å². The van der Waals surface area contributed by atoms with E-state index in [1.54, 1.807) is 7.11 Å². The molecular weight excluding hydrogens is 202 g/mol. The van der Waals surface area contributed by atoms with Gasteiger partial charge in [-0.25, -0.2) is 0 Å². The molecule has 1 aromatic rings. The highest BCUT2D eigenvalue weighted by Crippen LogP contribution is 2.39. The lowest BCUT2D eigenvalue weighted by atomic mass is 9.93. The Morgan fingerprint density at radius 3 is 2.56 bits per heavy atom. The predicted molar refractivity (Wildman–Crippen MR) is 66.2 cm³/mol. The zero-order valence-corrected chi connectivity index (χ0v) is 10.5. The molecule has 1 aromatic carbocycles. The van der Waals surface area contributed by atoms with E-state index in [9.17, 15) is 5.11 Å². The summed E-state index contributed by atoms with van der Waals surface area (Å²) in [5.74, 6) is 1.13. The average molecular weight is 223 g/mol. The molecule has 0 amide bonds. The minimum absolute atomic E-state index is 0.251. The van der Waals surface area contributed by atoms with E-state index in [1.165, 1.54) is 0 Å². The molecule has 0 aliphatic heterocycles. The number of aromatic hydroxyl groups is 1. The van der Waals surface area contributed by atoms with Crippen molar-refractivity contribution in [3.8, 4) is 11.5 Å². The van der Waals surface area contributed by atoms with Crippen molar-refractivity contribution >= 4 is 0 Å². The second-order valence-corrected chi connectivity index (χ2v) is 4.27. The van der Waals surface area contributed by atoms with Gasteiger partial charge in [0.05, 0.1) is 7.11 Å². The van der Waals surface area contributed by atoms with E-state index < -0.39 is 0 Å². The standard InChI is InChI=1S/C13H21NO2/c1-8(5-6-14)11-7-9(2)10(3)12(15)13(11)16-4/h7-8,15H,5-6,14H2,1-4H3. The molecule has 0 aliphatic rings. The first kappa shape index (κ1) is 12.8. The van der Waals surface area contributed by atoms with Crippen LogP contribution in [0.25, 0.3) is 0 Å². The SMILES string of the molecule is COc1c(C(C)CCN)cc(C)c(C)c1O. The van der Waals surface area contributed by atoms with Gasteiger partial charge in [-0.2, -0.15) is 0 Å². The molecule has 0 saturated heterocycles. The number of phenolic OH excluding ortho intramolecular Hbond substituents is 1. The number of ether oxygens (including phenoxy) is 1. The first-order valence-electron chi connectivity index (χ1n) is 5.60. The monoisotopic (exact) mass is 223 g/mol. The van der Waals surface area contributed by atoms with Crippen LogP contribution in [0.4, 0.5) is 0 Å². The molecule has 3 N–H and O–H groups in total. The average Bonchev–Trinajstić information content (AvgIpc) is 2.26. The van der Waals surface area contributed by atoms with Crippen molar-refractivity contribution in [1.82, 2.24) is 0 Å². The number of phenols is 1. The van der Waals surface area contributed by atoms with Crippen LogP contribution in [0.2, 0.25) is 0 Å². The third kappa shape index (κ3) is 2.30. The summed E-state index contributed by atoms with van der Waals surface area (Å²) >= 11 is 0. The molecule has 90 valence electrons. The molecule has 3 nitrogen and oxygen atoms in total. The van der Waals surface area contributed by atoms with E-state index in [-0.39, 0.29) is 5.75 Å². The van der Waals surface area contributed by atoms with E-state index in [2.05, 4.69) is 13.0 Å². The Balaban J connectivity index is 3.27. The molecule has 0 bridgehead atoms. The van der Waals surface area contributed by atoms with Gasteiger partial charge < -0.3 is 15.6 Å². The lowest BCUT2D eigenvalue weighted by molar-refractivity contribution is 0.364. The van der Waals surface area contributed by atoms with Gasteiger partial charge in [0.1, 0.15) is 0 Å². The van der Waals surface area contributed by atoms with Crippen molar-refractivity contribution in [2.24, 2.45) is 5.73 Å². The number of hydrogen-bond acceptors (Lipinski definition) is 3. The Morgan fingerprint density at radius 2 is 2.06 bits per heavy atom. The quantitative estimate of drug-likeness (QED) is 0.824. The maximum absolute atomic E-state index is 10.0. The number of rotatable bonds is 4. The number of methoxy groups -OCH3 is 1. The molecule has 3 heteroatoms. The Bertz CT molecular complexity index is 375. The highest BCUT2D eigenvalue weighted by molar-refractivity contribution is 5.55. The van der Waals surface area contributed by atoms with Crippen molar-refractivity contribution in [1.29, 1.82) is 0 Å². The molecule has 16 heavy (non-hydrogen) atoms. The molecule has 0 heterocycles. The van der Waals surface area contributed by atoms with Crippen LogP contribution in [-0.2, 0) is 0 Å². The minimum atomic E-state index is 0.251. The van der Waals surface area contributed by atoms with Gasteiger partial charge >= 0.3 is 0 Å². The van der Waals surface area contributed by atoms with Gasteiger partial charge in [0.25, 0.3) is 0 Å². The molecule has 0 aliphatic carbocycles. The molecular formula is C13H21NO2. The molecule has 0 spiro atoms. The van der Waals surface area contributed by atoms with Gasteiger partial charge in [-0.1, -0.05) is 13.0 Å². The smallest absolute Gasteiger partial charge is 0.164 e. The molecule has 1 rings (SSSR count). The number of hydrogen-bond donors (Lipinski definition) is 2. The van der Waals surface area contributed by atoms with Gasteiger partial charge in [0, 0.05) is 5.56 Å². The largest absolute Gasteiger partial charge is 0.504 e. The van der Waals surface area contributed by atoms with E-state index in [0.29, 0.717) is 18.2 Å². The van der Waals surface area contributed by atoms with Crippen LogP contribution in [0.5, 0.6) is 11.5 Å². The lowest BCUT2D eigenvalue weighted by Gasteiger charge is -2.18. The molecule has 0 saturated carbocycles. The molecule has 0 radical (unpaired) electrons. The first-order valence-corrected chi connectivity index (χ1v) is 5.60. The second kappa shape index (κ2) is 5.21. The summed E-state index contributed by atoms with van der Waals surface area (Å²) in [7, 11) is 1.59. The zero-order chi connectivity index (χ0) is 12.3. The number of aryl methyl sites for hydroxylation is 1. The van der Waals surface area contributed by atoms with Gasteiger partial charge in [-0.3, -0.25) is 0 Å². The third-order valence-corrected chi connectivity index (χ3v) is 3.13. The van der Waals surface area contributed by atoms with Crippen LogP contribution < -0.4 is 10.5 Å². The third-order valence-electron chi connectivity index (χ3n) is 3.13. The van der Waals surface area contributed by atoms with Crippen LogP contribution >= 0.6 is 0 Å². The summed E-state index contributed by atoms with van der Waals surface area (Å²) in [6.07, 6.45) is 0.887. The molecule has 0 aromatic heterocycles. The van der Waals surface area contributed by atoms with Crippen molar-refractivity contribution in [2.75, 3.05) is 13.7 Å². The van der Waals surface area contributed by atoms with Crippen molar-refractivity contribution in [3.63, 3.8) is 0 Å². The fourth-order valence-corrected chi connectivity index (χ4v) is 1.89. The maximum atomic E-state index is 10.0. The summed E-state index contributed by atoms with van der Waals surface area (Å²) in [5.41, 5.74) is 8.55. The first-order chi connectivity index (χ1) is 7.52. The highest BCUT2D eigenvalue weighted by Gasteiger charge is 2.17. The summed E-state index contributed by atoms with van der Waals surface area (Å²) < 4.78 is 5.29. The predicted octanol–water partition coefficient (Wildman–Crippen LogP) is 2.47. The molecule has 1 unspecified atom stereocenters. The topological polar surface area (TPSA) is 55.5 Å². The van der Waals surface area contributed by atoms with Crippen molar-refractivity contribution < 1.29 is 9.84 Å². The van der Waals surface area contributed by atoms with Gasteiger partial charge in [-0.05, 0) is 43.9 Å². The van der Waals surface area contributed by atoms with Crippen LogP contribution in [0.1, 0.15) is 36.0 Å². The van der Waals surface area contributed by atoms with Crippen LogP contribution in [0, 0.1) is 13.8 Å². The Labute approximate surface area is 97.2 Å². The number of nitrogens with two attached hydrogens (primary N) is 1. The van der Waals surface area contributed by atoms with Crippen LogP contribution in [0.3, 0.4) is 0 Å². The fourth-order valence-electron chi connectivity index (χ4n) is 1.89. The lowest BCUT2D eigenvalue weighted by Crippen LogP contribution is -2.06. The summed E-state index contributed by atoms with van der Waals surface area (Å²) in [6.45, 7) is 6.62. The minimum Gasteiger partial charge on any atom is -0.504 e. The van der Waals surface area contributed by atoms with Gasteiger partial charge in [-0.15, -0.1) is 0 Å². The highest BCUT2D eigenvalue weighted by atomic mass is 16.5. The number of benzene rings is 1. The van der Waals surface area contributed by atoms with Crippen molar-refractivity contribution in [3.05, 3.63) is 22.8 Å². The van der Waals surface area contributed by atoms with E-state index >= 15 is 0 Å². The Kier molecular flexibility index (Phi) is 4.19. The summed E-state index contributed by atoms with van der Waals surface area (Å²) in [4.78, 5) is 0. The van der Waals surface area contributed by atoms with Gasteiger partial charge in [0.15, 0.2) is 11.5 Å². The van der Waals surface area contributed by atoms with Crippen LogP contribution in [-0.4, -0.2) is 18.8 Å². The summed E-state index contributed by atoms with van der Waals surface area (Å²) in [5, 5.41) is 10.0. The van der Waals surface area contributed by atoms with Gasteiger partial charge in [0.2, 0.25) is 0 Å². The van der Waals surface area contributed by atoms with E-state index in [0.717, 1.165) is 23.1 Å². The Morgan fingerprint density at radius 1 is 1.44 bits per heavy atom. The van der Waals surface area contributed by atoms with Crippen LogP contribution in [0.15, 0.2) is 6.07 Å². The Hall–Kier alpha value is -1.22. The van der Waals surface area contributed by atoms with E-state index in [1.807, 2.05) is 13.8 Å². The fraction of sp³-hybridized carbons (Fsp3) is 0.538. The summed E-state index contributed by atoms with van der Waals surface area (Å²) in [6, 6.07) is 2.08. The molecule has 0 fully saturated rings. The normalized spacial score (nSPS) is 12.6. The molecule has 1 atom stereocenters. The maximum Gasteiger partial charge on any atom is 0.164 e. The van der Waals surface area contributed by atoms with Crippen molar-refractivity contribution in [2.45, 2.75) is 33.1 Å². The zero-order valence-electron chi connectivity index (χ0n) is 10.5. The second-order valence-electron chi connectivity index (χ2n) is 4.27.